The van der Waals surface area contributed by atoms with E-state index in [0.29, 0.717) is 15.2 Å². The highest BCUT2D eigenvalue weighted by molar-refractivity contribution is 8.01. The van der Waals surface area contributed by atoms with Crippen LogP contribution in [0.4, 0.5) is 16.5 Å². The number of nitrogens with one attached hydrogen (secondary N) is 1. The van der Waals surface area contributed by atoms with Crippen LogP contribution in [0.3, 0.4) is 0 Å². The minimum Gasteiger partial charge on any atom is -0.299 e. The maximum absolute atomic E-state index is 12.9. The zero-order valence-corrected chi connectivity index (χ0v) is 19.6. The number of anilines is 2. The molecule has 13 heteroatoms. The second kappa shape index (κ2) is 9.71. The number of benzene rings is 1. The summed E-state index contributed by atoms with van der Waals surface area (Å²) in [5, 5.41) is 22.3. The molecule has 0 radical (unpaired) electrons. The molecule has 1 amide bonds. The van der Waals surface area contributed by atoms with Crippen LogP contribution in [0, 0.1) is 17.0 Å². The van der Waals surface area contributed by atoms with Gasteiger partial charge >= 0.3 is 0 Å². The fourth-order valence-corrected chi connectivity index (χ4v) is 5.92. The summed E-state index contributed by atoms with van der Waals surface area (Å²) in [6.45, 7) is 7.29. The molecule has 0 fully saturated rings. The van der Waals surface area contributed by atoms with Crippen molar-refractivity contribution in [3.63, 3.8) is 0 Å². The van der Waals surface area contributed by atoms with Crippen molar-refractivity contribution in [1.29, 1.82) is 0 Å². The fourth-order valence-electron chi connectivity index (χ4n) is 2.68. The van der Waals surface area contributed by atoms with Crippen LogP contribution in [0.15, 0.2) is 22.5 Å². The number of nitro benzene ring substituents is 1. The molecule has 30 heavy (non-hydrogen) atoms. The number of hydrogen-bond acceptors (Lipinski definition) is 9. The fraction of sp³-hybridized carbons (Fsp3) is 0.471. The largest absolute Gasteiger partial charge is 0.299 e. The summed E-state index contributed by atoms with van der Waals surface area (Å²) in [5.41, 5.74) is 0.310. The van der Waals surface area contributed by atoms with Crippen LogP contribution in [0.1, 0.15) is 32.8 Å². The lowest BCUT2D eigenvalue weighted by Crippen LogP contribution is -2.47. The molecule has 0 unspecified atom stereocenters. The number of nitro groups is 1. The Hall–Kier alpha value is -2.25. The molecule has 1 aromatic heterocycles. The summed E-state index contributed by atoms with van der Waals surface area (Å²) in [6, 6.07) is 2.78. The molecular weight excluding hydrogens is 450 g/mol. The molecule has 0 aliphatic carbocycles. The van der Waals surface area contributed by atoms with Crippen LogP contribution in [0.25, 0.3) is 0 Å². The van der Waals surface area contributed by atoms with Crippen molar-refractivity contribution < 1.29 is 18.1 Å². The van der Waals surface area contributed by atoms with Crippen molar-refractivity contribution in [3.05, 3.63) is 33.9 Å². The van der Waals surface area contributed by atoms with Gasteiger partial charge in [-0.25, -0.2) is 8.42 Å². The van der Waals surface area contributed by atoms with Crippen LogP contribution in [-0.2, 0) is 14.8 Å². The van der Waals surface area contributed by atoms with E-state index in [-0.39, 0.29) is 22.9 Å². The Bertz CT molecular complexity index is 1040. The normalized spacial score (nSPS) is 12.6. The van der Waals surface area contributed by atoms with Gasteiger partial charge in [-0.1, -0.05) is 49.9 Å². The minimum absolute atomic E-state index is 0.0852. The van der Waals surface area contributed by atoms with E-state index < -0.39 is 26.9 Å². The molecule has 2 aromatic rings. The number of nitrogens with zero attached hydrogens (tertiary/aromatic N) is 4. The molecule has 0 bridgehead atoms. The molecule has 1 atom stereocenters. The minimum atomic E-state index is -3.93. The monoisotopic (exact) mass is 473 g/mol. The molecule has 1 aromatic carbocycles. The quantitative estimate of drug-likeness (QED) is 0.253. The van der Waals surface area contributed by atoms with E-state index in [1.54, 1.807) is 13.8 Å². The smallest absolute Gasteiger partial charge is 0.271 e. The van der Waals surface area contributed by atoms with E-state index >= 15 is 0 Å². The average molecular weight is 474 g/mol. The Kier molecular flexibility index (Phi) is 7.77. The lowest BCUT2D eigenvalue weighted by atomic mass is 10.1. The van der Waals surface area contributed by atoms with Crippen molar-refractivity contribution in [1.82, 2.24) is 10.2 Å². The highest BCUT2D eigenvalue weighted by Gasteiger charge is 2.33. The van der Waals surface area contributed by atoms with Crippen LogP contribution < -0.4 is 9.62 Å². The standard InChI is InChI=1S/C17H23N5O5S3/c1-6-13(15(23)18-16-19-20-17(29-16)28-10(2)3)21(30(5,26)27)14-9-12(22(24)25)8-7-11(14)4/h7-10,13H,6H2,1-5H3,(H,18,19,23)/t13-/m0/s1. The molecule has 0 saturated heterocycles. The number of aromatic nitrogens is 2. The Morgan fingerprint density at radius 1 is 1.37 bits per heavy atom. The van der Waals surface area contributed by atoms with E-state index in [0.717, 1.165) is 16.6 Å². The zero-order valence-electron chi connectivity index (χ0n) is 17.1. The molecular formula is C17H23N5O5S3. The van der Waals surface area contributed by atoms with Gasteiger partial charge in [0.05, 0.1) is 16.9 Å². The van der Waals surface area contributed by atoms with Gasteiger partial charge in [0, 0.05) is 17.4 Å². The molecule has 0 aliphatic heterocycles. The molecule has 0 spiro atoms. The first kappa shape index (κ1) is 24.0. The third-order valence-electron chi connectivity index (χ3n) is 3.94. The molecule has 164 valence electrons. The molecule has 0 saturated carbocycles. The SMILES string of the molecule is CC[C@@H](C(=O)Nc1nnc(SC(C)C)s1)N(c1cc([N+](=O)[O-])ccc1C)S(C)(=O)=O. The molecule has 1 heterocycles. The average Bonchev–Trinajstić information content (AvgIpc) is 3.05. The highest BCUT2D eigenvalue weighted by atomic mass is 32.2. The number of sulfonamides is 1. The number of rotatable bonds is 9. The van der Waals surface area contributed by atoms with Crippen molar-refractivity contribution in [2.45, 2.75) is 49.7 Å². The van der Waals surface area contributed by atoms with Crippen molar-refractivity contribution >= 4 is 55.5 Å². The van der Waals surface area contributed by atoms with Crippen molar-refractivity contribution in [2.24, 2.45) is 0 Å². The second-order valence-electron chi connectivity index (χ2n) is 6.74. The van der Waals surface area contributed by atoms with Gasteiger partial charge in [-0.3, -0.25) is 24.5 Å². The van der Waals surface area contributed by atoms with E-state index in [2.05, 4.69) is 15.5 Å². The number of non-ortho nitro benzene ring substituents is 1. The topological polar surface area (TPSA) is 135 Å². The van der Waals surface area contributed by atoms with Gasteiger partial charge in [0.25, 0.3) is 5.69 Å². The van der Waals surface area contributed by atoms with Crippen LogP contribution in [0.2, 0.25) is 0 Å². The first-order chi connectivity index (χ1) is 13.9. The Morgan fingerprint density at radius 3 is 2.57 bits per heavy atom. The van der Waals surface area contributed by atoms with Crippen molar-refractivity contribution in [3.8, 4) is 0 Å². The van der Waals surface area contributed by atoms with Gasteiger partial charge in [0.15, 0.2) is 4.34 Å². The summed E-state index contributed by atoms with van der Waals surface area (Å²) in [6.07, 6.45) is 1.11. The summed E-state index contributed by atoms with van der Waals surface area (Å²) in [4.78, 5) is 23.5. The van der Waals surface area contributed by atoms with Gasteiger partial charge in [0.2, 0.25) is 21.1 Å². The lowest BCUT2D eigenvalue weighted by Gasteiger charge is -2.30. The van der Waals surface area contributed by atoms with E-state index in [1.165, 1.54) is 35.2 Å². The Balaban J connectivity index is 2.40. The van der Waals surface area contributed by atoms with Gasteiger partial charge < -0.3 is 0 Å². The number of hydrogen-bond donors (Lipinski definition) is 1. The van der Waals surface area contributed by atoms with Crippen molar-refractivity contribution in [2.75, 3.05) is 15.9 Å². The summed E-state index contributed by atoms with van der Waals surface area (Å²) in [5.74, 6) is -0.592. The predicted octanol–water partition coefficient (Wildman–Crippen LogP) is 3.44. The van der Waals surface area contributed by atoms with E-state index in [4.69, 9.17) is 0 Å². The van der Waals surface area contributed by atoms with Gasteiger partial charge in [-0.05, 0) is 18.9 Å². The number of amides is 1. The number of carbonyl (C=O) groups excluding carboxylic acids is 1. The third kappa shape index (κ3) is 5.89. The molecule has 1 N–H and O–H groups in total. The predicted molar refractivity (Wildman–Crippen MR) is 119 cm³/mol. The maximum atomic E-state index is 12.9. The molecule has 10 nitrogen and oxygen atoms in total. The first-order valence-electron chi connectivity index (χ1n) is 8.99. The number of carbonyl (C=O) groups is 1. The first-order valence-corrected chi connectivity index (χ1v) is 12.5. The summed E-state index contributed by atoms with van der Waals surface area (Å²) < 4.78 is 26.8. The molecule has 2 rings (SSSR count). The Morgan fingerprint density at radius 2 is 2.03 bits per heavy atom. The van der Waals surface area contributed by atoms with Crippen LogP contribution in [-0.4, -0.2) is 47.0 Å². The van der Waals surface area contributed by atoms with Crippen LogP contribution >= 0.6 is 23.1 Å². The van der Waals surface area contributed by atoms with Gasteiger partial charge in [-0.15, -0.1) is 10.2 Å². The van der Waals surface area contributed by atoms with Gasteiger partial charge in [-0.2, -0.15) is 0 Å². The van der Waals surface area contributed by atoms with Crippen LogP contribution in [0.5, 0.6) is 0 Å². The zero-order chi connectivity index (χ0) is 22.6. The van der Waals surface area contributed by atoms with E-state index in [1.807, 2.05) is 13.8 Å². The number of aryl methyl sites for hydroxylation is 1. The highest BCUT2D eigenvalue weighted by Crippen LogP contribution is 2.32. The number of thioether (sulfide) groups is 1. The second-order valence-corrected chi connectivity index (χ2v) is 11.4. The van der Waals surface area contributed by atoms with Gasteiger partial charge in [0.1, 0.15) is 6.04 Å². The Labute approximate surface area is 183 Å². The maximum Gasteiger partial charge on any atom is 0.271 e. The summed E-state index contributed by atoms with van der Waals surface area (Å²) in [7, 11) is -3.93. The molecule has 0 aliphatic rings. The third-order valence-corrected chi connectivity index (χ3v) is 7.04. The van der Waals surface area contributed by atoms with E-state index in [9.17, 15) is 23.3 Å². The summed E-state index contributed by atoms with van der Waals surface area (Å²) >= 11 is 2.69. The lowest BCUT2D eigenvalue weighted by molar-refractivity contribution is -0.384.